The van der Waals surface area contributed by atoms with E-state index < -0.39 is 34.3 Å². The summed E-state index contributed by atoms with van der Waals surface area (Å²) in [4.78, 5) is 27.6. The third kappa shape index (κ3) is 7.43. The van der Waals surface area contributed by atoms with E-state index >= 15 is 0 Å². The molecule has 0 bridgehead atoms. The van der Waals surface area contributed by atoms with E-state index in [1.807, 2.05) is 6.92 Å². The summed E-state index contributed by atoms with van der Waals surface area (Å²) in [7, 11) is -3.86. The van der Waals surface area contributed by atoms with Crippen LogP contribution in [0.3, 0.4) is 0 Å². The SMILES string of the molecule is CCCNC(=O)[C@H](CC)N(Cc1ccc(F)cc1)C(=O)CN(c1ccccc1Cl)S(C)(=O)=O. The molecule has 1 atom stereocenters. The highest BCUT2D eigenvalue weighted by atomic mass is 35.5. The first-order chi connectivity index (χ1) is 15.6. The summed E-state index contributed by atoms with van der Waals surface area (Å²) < 4.78 is 39.4. The number of carbonyl (C=O) groups excluding carboxylic acids is 2. The van der Waals surface area contributed by atoms with Crippen molar-refractivity contribution in [3.8, 4) is 0 Å². The van der Waals surface area contributed by atoms with Gasteiger partial charge in [-0.25, -0.2) is 12.8 Å². The summed E-state index contributed by atoms with van der Waals surface area (Å²) in [6.45, 7) is 3.60. The maximum Gasteiger partial charge on any atom is 0.244 e. The predicted molar refractivity (Wildman–Crippen MR) is 128 cm³/mol. The number of nitrogens with one attached hydrogen (secondary N) is 1. The number of sulfonamides is 1. The summed E-state index contributed by atoms with van der Waals surface area (Å²) in [5.41, 5.74) is 0.773. The van der Waals surface area contributed by atoms with Gasteiger partial charge in [0.05, 0.1) is 17.0 Å². The van der Waals surface area contributed by atoms with E-state index in [9.17, 15) is 22.4 Å². The molecule has 2 aromatic carbocycles. The minimum Gasteiger partial charge on any atom is -0.354 e. The predicted octanol–water partition coefficient (Wildman–Crippen LogP) is 3.58. The molecule has 180 valence electrons. The second kappa shape index (κ2) is 12.0. The lowest BCUT2D eigenvalue weighted by Crippen LogP contribution is -2.52. The smallest absolute Gasteiger partial charge is 0.244 e. The zero-order valence-corrected chi connectivity index (χ0v) is 20.5. The first-order valence-electron chi connectivity index (χ1n) is 10.6. The Labute approximate surface area is 199 Å². The van der Waals surface area contributed by atoms with Crippen LogP contribution < -0.4 is 9.62 Å². The Balaban J connectivity index is 2.42. The van der Waals surface area contributed by atoms with Crippen molar-refractivity contribution < 1.29 is 22.4 Å². The monoisotopic (exact) mass is 497 g/mol. The second-order valence-electron chi connectivity index (χ2n) is 7.58. The highest BCUT2D eigenvalue weighted by molar-refractivity contribution is 7.92. The molecular formula is C23H29ClFN3O4S. The third-order valence-electron chi connectivity index (χ3n) is 5.00. The van der Waals surface area contributed by atoms with Crippen molar-refractivity contribution in [2.45, 2.75) is 39.3 Å². The number of carbonyl (C=O) groups is 2. The van der Waals surface area contributed by atoms with Crippen molar-refractivity contribution in [1.29, 1.82) is 0 Å². The van der Waals surface area contributed by atoms with Crippen LogP contribution in [-0.4, -0.2) is 50.5 Å². The van der Waals surface area contributed by atoms with Gasteiger partial charge in [0.2, 0.25) is 21.8 Å². The lowest BCUT2D eigenvalue weighted by Gasteiger charge is -2.33. The summed E-state index contributed by atoms with van der Waals surface area (Å²) >= 11 is 6.20. The van der Waals surface area contributed by atoms with Crippen molar-refractivity contribution in [1.82, 2.24) is 10.2 Å². The van der Waals surface area contributed by atoms with Gasteiger partial charge in [0.1, 0.15) is 18.4 Å². The van der Waals surface area contributed by atoms with Crippen LogP contribution in [-0.2, 0) is 26.2 Å². The molecule has 2 amide bonds. The fraction of sp³-hybridized carbons (Fsp3) is 0.391. The summed E-state index contributed by atoms with van der Waals surface area (Å²) in [5, 5.41) is 2.97. The molecule has 2 rings (SSSR count). The quantitative estimate of drug-likeness (QED) is 0.514. The molecule has 2 aromatic rings. The molecule has 0 saturated heterocycles. The van der Waals surface area contributed by atoms with Crippen molar-refractivity contribution in [3.63, 3.8) is 0 Å². The van der Waals surface area contributed by atoms with Gasteiger partial charge < -0.3 is 10.2 Å². The number of amides is 2. The Morgan fingerprint density at radius 1 is 1.09 bits per heavy atom. The molecule has 0 heterocycles. The molecule has 0 radical (unpaired) electrons. The highest BCUT2D eigenvalue weighted by Crippen LogP contribution is 2.27. The number of para-hydroxylation sites is 1. The molecular weight excluding hydrogens is 469 g/mol. The van der Waals surface area contributed by atoms with E-state index in [4.69, 9.17) is 11.6 Å². The molecule has 33 heavy (non-hydrogen) atoms. The van der Waals surface area contributed by atoms with E-state index in [1.165, 1.54) is 41.3 Å². The summed E-state index contributed by atoms with van der Waals surface area (Å²) in [5.74, 6) is -1.34. The van der Waals surface area contributed by atoms with Crippen molar-refractivity contribution >= 4 is 39.1 Å². The van der Waals surface area contributed by atoms with Crippen molar-refractivity contribution in [2.24, 2.45) is 0 Å². The Kier molecular flexibility index (Phi) is 9.67. The maximum absolute atomic E-state index is 13.5. The number of hydrogen-bond donors (Lipinski definition) is 1. The van der Waals surface area contributed by atoms with E-state index in [-0.39, 0.29) is 23.2 Å². The van der Waals surface area contributed by atoms with Crippen LogP contribution >= 0.6 is 11.6 Å². The van der Waals surface area contributed by atoms with Crippen LogP contribution in [0.25, 0.3) is 0 Å². The zero-order chi connectivity index (χ0) is 24.6. The Bertz CT molecular complexity index is 1060. The molecule has 0 fully saturated rings. The summed E-state index contributed by atoms with van der Waals surface area (Å²) in [6.07, 6.45) is 2.02. The van der Waals surface area contributed by atoms with Gasteiger partial charge in [-0.3, -0.25) is 13.9 Å². The molecule has 0 aliphatic rings. The molecule has 0 unspecified atom stereocenters. The Morgan fingerprint density at radius 3 is 2.27 bits per heavy atom. The third-order valence-corrected chi connectivity index (χ3v) is 6.45. The molecule has 0 aromatic heterocycles. The molecule has 10 heteroatoms. The van der Waals surface area contributed by atoms with E-state index in [0.717, 1.165) is 17.0 Å². The largest absolute Gasteiger partial charge is 0.354 e. The van der Waals surface area contributed by atoms with Crippen LogP contribution in [0, 0.1) is 5.82 Å². The van der Waals surface area contributed by atoms with Crippen LogP contribution in [0.15, 0.2) is 48.5 Å². The minimum atomic E-state index is -3.86. The number of rotatable bonds is 11. The van der Waals surface area contributed by atoms with Gasteiger partial charge in [0.15, 0.2) is 0 Å². The van der Waals surface area contributed by atoms with Crippen LogP contribution in [0.2, 0.25) is 5.02 Å². The van der Waals surface area contributed by atoms with E-state index in [1.54, 1.807) is 19.1 Å². The molecule has 0 aliphatic heterocycles. The standard InChI is InChI=1S/C23H29ClFN3O4S/c1-4-14-26-23(30)20(5-2)27(15-17-10-12-18(25)13-11-17)22(29)16-28(33(3,31)32)21-9-7-6-8-19(21)24/h6-13,20H,4-5,14-16H2,1-3H3,(H,26,30)/t20-/m0/s1. The number of halogens is 2. The van der Waals surface area contributed by atoms with Gasteiger partial charge in [0.25, 0.3) is 0 Å². The van der Waals surface area contributed by atoms with E-state index in [2.05, 4.69) is 5.32 Å². The van der Waals surface area contributed by atoms with Crippen molar-refractivity contribution in [3.05, 3.63) is 64.9 Å². The topological polar surface area (TPSA) is 86.8 Å². The number of benzene rings is 2. The van der Waals surface area contributed by atoms with Crippen LogP contribution in [0.5, 0.6) is 0 Å². The normalized spacial score (nSPS) is 12.2. The van der Waals surface area contributed by atoms with Gasteiger partial charge in [-0.1, -0.05) is 49.7 Å². The molecule has 7 nitrogen and oxygen atoms in total. The number of hydrogen-bond acceptors (Lipinski definition) is 4. The lowest BCUT2D eigenvalue weighted by atomic mass is 10.1. The molecule has 0 saturated carbocycles. The second-order valence-corrected chi connectivity index (χ2v) is 9.90. The van der Waals surface area contributed by atoms with Crippen LogP contribution in [0.1, 0.15) is 32.3 Å². The first-order valence-corrected chi connectivity index (χ1v) is 12.8. The summed E-state index contributed by atoms with van der Waals surface area (Å²) in [6, 6.07) is 11.1. The average molecular weight is 498 g/mol. The Hall–Kier alpha value is -2.65. The van der Waals surface area contributed by atoms with Gasteiger partial charge >= 0.3 is 0 Å². The van der Waals surface area contributed by atoms with Crippen molar-refractivity contribution in [2.75, 3.05) is 23.7 Å². The molecule has 1 N–H and O–H groups in total. The van der Waals surface area contributed by atoms with Gasteiger partial charge in [-0.15, -0.1) is 0 Å². The van der Waals surface area contributed by atoms with Gasteiger partial charge in [-0.05, 0) is 42.7 Å². The van der Waals surface area contributed by atoms with Crippen LogP contribution in [0.4, 0.5) is 10.1 Å². The molecule has 0 aliphatic carbocycles. The maximum atomic E-state index is 13.5. The first kappa shape index (κ1) is 26.6. The lowest BCUT2D eigenvalue weighted by molar-refractivity contribution is -0.140. The Morgan fingerprint density at radius 2 is 1.73 bits per heavy atom. The van der Waals surface area contributed by atoms with E-state index in [0.29, 0.717) is 18.5 Å². The average Bonchev–Trinajstić information content (AvgIpc) is 2.77. The highest BCUT2D eigenvalue weighted by Gasteiger charge is 2.32. The van der Waals surface area contributed by atoms with Gasteiger partial charge in [-0.2, -0.15) is 0 Å². The number of nitrogens with zero attached hydrogens (tertiary/aromatic N) is 2. The molecule has 0 spiro atoms. The zero-order valence-electron chi connectivity index (χ0n) is 18.9. The van der Waals surface area contributed by atoms with Gasteiger partial charge in [0, 0.05) is 13.1 Å². The fourth-order valence-corrected chi connectivity index (χ4v) is 4.47. The minimum absolute atomic E-state index is 0.0112. The number of anilines is 1. The fourth-order valence-electron chi connectivity index (χ4n) is 3.32.